The van der Waals surface area contributed by atoms with Gasteiger partial charge in [-0.3, -0.25) is 9.59 Å². The van der Waals surface area contributed by atoms with E-state index in [1.807, 2.05) is 30.3 Å². The number of rotatable bonds is 3. The molecule has 0 aliphatic carbocycles. The molecule has 106 valence electrons. The monoisotopic (exact) mass is 362 g/mol. The Morgan fingerprint density at radius 3 is 2.52 bits per heavy atom. The van der Waals surface area contributed by atoms with Gasteiger partial charge in [-0.15, -0.1) is 0 Å². The summed E-state index contributed by atoms with van der Waals surface area (Å²) >= 11 is 4.37. The number of nitrogens with zero attached hydrogens (tertiary/aromatic N) is 1. The summed E-state index contributed by atoms with van der Waals surface area (Å²) in [4.78, 5) is 25.7. The number of hydrogen-bond donors (Lipinski definition) is 1. The lowest BCUT2D eigenvalue weighted by Gasteiger charge is -2.14. The van der Waals surface area contributed by atoms with Crippen LogP contribution in [-0.2, 0) is 4.79 Å². The maximum atomic E-state index is 12.4. The van der Waals surface area contributed by atoms with Crippen LogP contribution in [0.3, 0.4) is 0 Å². The molecule has 0 unspecified atom stereocenters. The smallest absolute Gasteiger partial charge is 0.295 e. The molecule has 3 rings (SSSR count). The molecule has 0 aromatic heterocycles. The van der Waals surface area contributed by atoms with E-state index in [1.54, 1.807) is 24.3 Å². The Morgan fingerprint density at radius 2 is 1.81 bits per heavy atom. The third-order valence-corrected chi connectivity index (χ3v) is 4.42. The number of hydrogen-bond acceptors (Lipinski definition) is 4. The molecule has 1 aliphatic heterocycles. The van der Waals surface area contributed by atoms with E-state index in [4.69, 9.17) is 0 Å². The van der Waals surface area contributed by atoms with Crippen LogP contribution < -0.4 is 10.2 Å². The highest BCUT2D eigenvalue weighted by Gasteiger charge is 2.40. The van der Waals surface area contributed by atoms with Crippen molar-refractivity contribution in [1.82, 2.24) is 0 Å². The summed E-state index contributed by atoms with van der Waals surface area (Å²) in [6.07, 6.45) is 0. The van der Waals surface area contributed by atoms with E-state index in [9.17, 15) is 9.59 Å². The fourth-order valence-electron chi connectivity index (χ4n) is 2.04. The highest BCUT2D eigenvalue weighted by atomic mass is 79.9. The first-order valence-corrected chi connectivity index (χ1v) is 7.94. The van der Waals surface area contributed by atoms with E-state index in [0.717, 1.165) is 21.9 Å². The largest absolute Gasteiger partial charge is 0.365 e. The van der Waals surface area contributed by atoms with Crippen molar-refractivity contribution in [3.05, 3.63) is 59.1 Å². The summed E-state index contributed by atoms with van der Waals surface area (Å²) in [5.74, 6) is -0.254. The van der Waals surface area contributed by atoms with Crippen LogP contribution in [0, 0.1) is 0 Å². The van der Waals surface area contributed by atoms with E-state index in [-0.39, 0.29) is 11.1 Å². The summed E-state index contributed by atoms with van der Waals surface area (Å²) in [5, 5.41) is 2.21. The van der Waals surface area contributed by atoms with Gasteiger partial charge in [0, 0.05) is 10.2 Å². The summed E-state index contributed by atoms with van der Waals surface area (Å²) < 4.78 is 0.911. The van der Waals surface area contributed by atoms with Gasteiger partial charge in [0.1, 0.15) is 0 Å². The highest BCUT2D eigenvalue weighted by Crippen LogP contribution is 2.32. The second-order valence-corrected chi connectivity index (χ2v) is 6.40. The topological polar surface area (TPSA) is 49.4 Å². The summed E-state index contributed by atoms with van der Waals surface area (Å²) in [7, 11) is 0. The molecular formula is C15H11BrN2O2S. The Labute approximate surface area is 134 Å². The molecule has 2 aromatic carbocycles. The number of benzene rings is 2. The van der Waals surface area contributed by atoms with Gasteiger partial charge in [0.05, 0.1) is 5.69 Å². The maximum Gasteiger partial charge on any atom is 0.295 e. The summed E-state index contributed by atoms with van der Waals surface area (Å²) in [6, 6.07) is 16.4. The van der Waals surface area contributed by atoms with Gasteiger partial charge in [0.25, 0.3) is 11.1 Å². The van der Waals surface area contributed by atoms with Crippen LogP contribution in [-0.4, -0.2) is 16.5 Å². The number of carbonyl (C=O) groups excluding carboxylic acids is 2. The molecule has 1 saturated heterocycles. The number of nitrogens with one attached hydrogen (secondary N) is 1. The molecule has 21 heavy (non-hydrogen) atoms. The molecule has 1 N–H and O–H groups in total. The second kappa shape index (κ2) is 5.91. The SMILES string of the molecule is O=C1S[C@@H](Nc2cccc(Br)c2)C(=O)N1c1ccccc1. The predicted octanol–water partition coefficient (Wildman–Crippen LogP) is 4.09. The second-order valence-electron chi connectivity index (χ2n) is 4.43. The molecule has 2 amide bonds. The van der Waals surface area contributed by atoms with Crippen molar-refractivity contribution in [2.75, 3.05) is 10.2 Å². The van der Waals surface area contributed by atoms with E-state index in [0.29, 0.717) is 5.69 Å². The number of anilines is 2. The Morgan fingerprint density at radius 1 is 1.05 bits per heavy atom. The van der Waals surface area contributed by atoms with Crippen LogP contribution in [0.1, 0.15) is 0 Å². The first kappa shape index (κ1) is 14.2. The van der Waals surface area contributed by atoms with Crippen LogP contribution in [0.25, 0.3) is 0 Å². The number of imide groups is 1. The quantitative estimate of drug-likeness (QED) is 0.893. The molecule has 1 heterocycles. The average molecular weight is 363 g/mol. The standard InChI is InChI=1S/C15H11BrN2O2S/c16-10-5-4-6-11(9-10)17-13-14(19)18(15(20)21-13)12-7-2-1-3-8-12/h1-9,13,17H/t13-/m1/s1. The predicted molar refractivity (Wildman–Crippen MR) is 88.5 cm³/mol. The number of halogens is 1. The van der Waals surface area contributed by atoms with Gasteiger partial charge in [-0.1, -0.05) is 40.2 Å². The Hall–Kier alpha value is -1.79. The molecule has 4 nitrogen and oxygen atoms in total. The Bertz CT molecular complexity index is 693. The fraction of sp³-hybridized carbons (Fsp3) is 0.0667. The van der Waals surface area contributed by atoms with Crippen LogP contribution in [0.2, 0.25) is 0 Å². The molecule has 1 aliphatic rings. The van der Waals surface area contributed by atoms with Crippen molar-refractivity contribution < 1.29 is 9.59 Å². The lowest BCUT2D eigenvalue weighted by molar-refractivity contribution is -0.116. The number of para-hydroxylation sites is 1. The third kappa shape index (κ3) is 2.96. The molecule has 0 radical (unpaired) electrons. The van der Waals surface area contributed by atoms with Gasteiger partial charge in [-0.2, -0.15) is 0 Å². The number of thioether (sulfide) groups is 1. The molecule has 2 aromatic rings. The summed E-state index contributed by atoms with van der Waals surface area (Å²) in [5.41, 5.74) is 1.39. The Kier molecular flexibility index (Phi) is 3.98. The van der Waals surface area contributed by atoms with Crippen molar-refractivity contribution >= 4 is 50.2 Å². The number of amides is 2. The molecule has 1 atom stereocenters. The van der Waals surface area contributed by atoms with Gasteiger partial charge in [-0.25, -0.2) is 4.90 Å². The van der Waals surface area contributed by atoms with Gasteiger partial charge < -0.3 is 5.32 Å². The van der Waals surface area contributed by atoms with Gasteiger partial charge in [0.2, 0.25) is 0 Å². The van der Waals surface area contributed by atoms with Crippen LogP contribution in [0.15, 0.2) is 59.1 Å². The minimum absolute atomic E-state index is 0.254. The zero-order valence-electron chi connectivity index (χ0n) is 10.8. The fourth-order valence-corrected chi connectivity index (χ4v) is 3.34. The van der Waals surface area contributed by atoms with E-state index in [2.05, 4.69) is 21.2 Å². The zero-order valence-corrected chi connectivity index (χ0v) is 13.2. The van der Waals surface area contributed by atoms with Gasteiger partial charge in [-0.05, 0) is 42.1 Å². The minimum atomic E-state index is -0.605. The van der Waals surface area contributed by atoms with E-state index in [1.165, 1.54) is 4.90 Å². The molecule has 0 bridgehead atoms. The number of carbonyl (C=O) groups is 2. The lowest BCUT2D eigenvalue weighted by atomic mass is 10.3. The van der Waals surface area contributed by atoms with Crippen molar-refractivity contribution in [1.29, 1.82) is 0 Å². The van der Waals surface area contributed by atoms with Crippen LogP contribution >= 0.6 is 27.7 Å². The maximum absolute atomic E-state index is 12.4. The lowest BCUT2D eigenvalue weighted by Crippen LogP contribution is -2.34. The summed E-state index contributed by atoms with van der Waals surface area (Å²) in [6.45, 7) is 0. The normalized spacial score (nSPS) is 18.1. The van der Waals surface area contributed by atoms with E-state index >= 15 is 0 Å². The van der Waals surface area contributed by atoms with E-state index < -0.39 is 5.37 Å². The molecule has 6 heteroatoms. The highest BCUT2D eigenvalue weighted by molar-refractivity contribution is 9.10. The molecule has 0 spiro atoms. The molecular weight excluding hydrogens is 352 g/mol. The average Bonchev–Trinajstić information content (AvgIpc) is 2.74. The zero-order chi connectivity index (χ0) is 14.8. The third-order valence-electron chi connectivity index (χ3n) is 2.98. The van der Waals surface area contributed by atoms with Gasteiger partial charge >= 0.3 is 0 Å². The van der Waals surface area contributed by atoms with Crippen LogP contribution in [0.5, 0.6) is 0 Å². The molecule has 1 fully saturated rings. The van der Waals surface area contributed by atoms with Crippen molar-refractivity contribution in [3.8, 4) is 0 Å². The Balaban J connectivity index is 1.81. The van der Waals surface area contributed by atoms with Crippen molar-refractivity contribution in [2.24, 2.45) is 0 Å². The van der Waals surface area contributed by atoms with Gasteiger partial charge in [0.15, 0.2) is 5.37 Å². The van der Waals surface area contributed by atoms with Crippen LogP contribution in [0.4, 0.5) is 16.2 Å². The molecule has 0 saturated carbocycles. The van der Waals surface area contributed by atoms with Crippen molar-refractivity contribution in [2.45, 2.75) is 5.37 Å². The first-order chi connectivity index (χ1) is 10.1. The van der Waals surface area contributed by atoms with Crippen molar-refractivity contribution in [3.63, 3.8) is 0 Å². The first-order valence-electron chi connectivity index (χ1n) is 6.27. The minimum Gasteiger partial charge on any atom is -0.365 e.